The van der Waals surface area contributed by atoms with E-state index in [-0.39, 0.29) is 16.4 Å². The van der Waals surface area contributed by atoms with Crippen LogP contribution in [-0.2, 0) is 0 Å². The van der Waals surface area contributed by atoms with Crippen LogP contribution in [0.3, 0.4) is 0 Å². The second kappa shape index (κ2) is 6.17. The van der Waals surface area contributed by atoms with E-state index in [4.69, 9.17) is 0 Å². The van der Waals surface area contributed by atoms with Crippen LogP contribution in [0.2, 0.25) is 0 Å². The summed E-state index contributed by atoms with van der Waals surface area (Å²) in [6.07, 6.45) is 0. The number of aromatic nitrogens is 1. The summed E-state index contributed by atoms with van der Waals surface area (Å²) in [5, 5.41) is 10.7. The van der Waals surface area contributed by atoms with Crippen LogP contribution in [0, 0.1) is 26.6 Å². The fraction of sp³-hybridized carbons (Fsp3) is 0.158. The Bertz CT molecular complexity index is 978. The van der Waals surface area contributed by atoms with Crippen molar-refractivity contribution in [2.45, 2.75) is 20.8 Å². The van der Waals surface area contributed by atoms with Gasteiger partial charge in [-0.1, -0.05) is 23.5 Å². The lowest BCUT2D eigenvalue weighted by molar-refractivity contribution is 0.491. The molecule has 0 aliphatic heterocycles. The topological polar surface area (TPSA) is 50.2 Å². The zero-order valence-corrected chi connectivity index (χ0v) is 14.4. The second-order valence-corrected chi connectivity index (χ2v) is 6.74. The van der Waals surface area contributed by atoms with Crippen LogP contribution in [0.4, 0.5) is 4.39 Å². The van der Waals surface area contributed by atoms with E-state index in [0.717, 1.165) is 28.0 Å². The molecule has 0 saturated heterocycles. The predicted octanol–water partition coefficient (Wildman–Crippen LogP) is 4.61. The van der Waals surface area contributed by atoms with E-state index in [1.54, 1.807) is 0 Å². The normalized spacial score (nSPS) is 10.8. The first kappa shape index (κ1) is 16.3. The predicted molar refractivity (Wildman–Crippen MR) is 95.1 cm³/mol. The minimum atomic E-state index is -0.489. The minimum Gasteiger partial charge on any atom is -0.499 e. The molecule has 0 amide bonds. The van der Waals surface area contributed by atoms with Crippen molar-refractivity contribution in [3.63, 3.8) is 0 Å². The van der Waals surface area contributed by atoms with Gasteiger partial charge in [-0.15, -0.1) is 0 Å². The molecule has 0 spiro atoms. The average Bonchev–Trinajstić information content (AvgIpc) is 2.52. The van der Waals surface area contributed by atoms with Gasteiger partial charge in [-0.05, 0) is 67.3 Å². The van der Waals surface area contributed by atoms with E-state index >= 15 is 0 Å². The van der Waals surface area contributed by atoms with Crippen molar-refractivity contribution < 1.29 is 9.50 Å². The molecule has 3 aromatic rings. The lowest BCUT2D eigenvalue weighted by atomic mass is 9.97. The highest BCUT2D eigenvalue weighted by Gasteiger charge is 2.17. The van der Waals surface area contributed by atoms with Crippen LogP contribution in [0.5, 0.6) is 5.06 Å². The average molecular weight is 341 g/mol. The molecule has 0 unspecified atom stereocenters. The van der Waals surface area contributed by atoms with Crippen LogP contribution in [0.25, 0.3) is 21.7 Å². The summed E-state index contributed by atoms with van der Waals surface area (Å²) in [5.74, 6) is -0.363. The van der Waals surface area contributed by atoms with Crippen molar-refractivity contribution in [1.82, 2.24) is 4.98 Å². The van der Waals surface area contributed by atoms with Gasteiger partial charge in [0, 0.05) is 5.56 Å². The van der Waals surface area contributed by atoms with Gasteiger partial charge in [-0.2, -0.15) is 4.98 Å². The van der Waals surface area contributed by atoms with Gasteiger partial charge >= 0.3 is 0 Å². The molecule has 0 radical (unpaired) electrons. The lowest BCUT2D eigenvalue weighted by Crippen LogP contribution is -2.10. The molecule has 5 heteroatoms. The van der Waals surface area contributed by atoms with Gasteiger partial charge in [0.2, 0.25) is 0 Å². The Morgan fingerprint density at radius 2 is 1.62 bits per heavy atom. The molecule has 0 aliphatic rings. The Morgan fingerprint density at radius 1 is 1.00 bits per heavy atom. The summed E-state index contributed by atoms with van der Waals surface area (Å²) in [4.78, 5) is 16.6. The van der Waals surface area contributed by atoms with Gasteiger partial charge < -0.3 is 5.11 Å². The highest BCUT2D eigenvalue weighted by atomic mass is 32.1. The van der Waals surface area contributed by atoms with E-state index in [0.29, 0.717) is 16.1 Å². The number of hydrogen-bond donors (Lipinski definition) is 1. The quantitative estimate of drug-likeness (QED) is 0.741. The fourth-order valence-electron chi connectivity index (χ4n) is 2.58. The van der Waals surface area contributed by atoms with E-state index in [1.807, 2.05) is 32.9 Å². The smallest absolute Gasteiger partial charge is 0.283 e. The highest BCUT2D eigenvalue weighted by Crippen LogP contribution is 2.36. The van der Waals surface area contributed by atoms with Crippen LogP contribution < -0.4 is 5.56 Å². The zero-order valence-electron chi connectivity index (χ0n) is 13.6. The number of benzene rings is 2. The summed E-state index contributed by atoms with van der Waals surface area (Å²) in [6.45, 7) is 5.87. The van der Waals surface area contributed by atoms with E-state index in [1.165, 1.54) is 24.3 Å². The number of hydrogen-bond acceptors (Lipinski definition) is 4. The third-order valence-corrected chi connectivity index (χ3v) is 4.94. The molecule has 1 N–H and O–H groups in total. The van der Waals surface area contributed by atoms with Crippen LogP contribution in [0.1, 0.15) is 16.7 Å². The molecule has 0 atom stereocenters. The molecule has 0 saturated carbocycles. The number of aryl methyl sites for hydroxylation is 3. The van der Waals surface area contributed by atoms with Crippen LogP contribution in [-0.4, -0.2) is 10.1 Å². The first-order valence-electron chi connectivity index (χ1n) is 7.45. The van der Waals surface area contributed by atoms with Gasteiger partial charge in [0.1, 0.15) is 16.4 Å². The van der Waals surface area contributed by atoms with Gasteiger partial charge in [0.15, 0.2) is 5.06 Å². The fourth-order valence-corrected chi connectivity index (χ4v) is 3.45. The van der Waals surface area contributed by atoms with E-state index < -0.39 is 5.56 Å². The third-order valence-electron chi connectivity index (χ3n) is 4.03. The third kappa shape index (κ3) is 2.95. The lowest BCUT2D eigenvalue weighted by Gasteiger charge is -2.11. The molecule has 2 aromatic carbocycles. The Balaban J connectivity index is 2.17. The molecule has 24 heavy (non-hydrogen) atoms. The van der Waals surface area contributed by atoms with Gasteiger partial charge in [-0.3, -0.25) is 4.79 Å². The Morgan fingerprint density at radius 3 is 2.25 bits per heavy atom. The Hall–Kier alpha value is -2.53. The standard InChI is InChI=1S/C19H16FNO2S/c1-10-8-12(3)15(9-11(10)2)16-17(22)21-18(24-19(16)23)13-4-6-14(20)7-5-13/h4-9,23H,1-3H3. The SMILES string of the molecule is Cc1cc(C)c(-c2c(O)sc(-c3ccc(F)cc3)nc2=O)cc1C. The Kier molecular flexibility index (Phi) is 4.20. The van der Waals surface area contributed by atoms with Crippen molar-refractivity contribution in [2.24, 2.45) is 0 Å². The number of rotatable bonds is 2. The maximum Gasteiger partial charge on any atom is 0.283 e. The summed E-state index contributed by atoms with van der Waals surface area (Å²) < 4.78 is 13.0. The summed E-state index contributed by atoms with van der Waals surface area (Å²) in [5.41, 5.74) is 4.09. The minimum absolute atomic E-state index is 0.0827. The van der Waals surface area contributed by atoms with Gasteiger partial charge in [0.05, 0.1) is 0 Å². The monoisotopic (exact) mass is 341 g/mol. The maximum atomic E-state index is 13.0. The molecule has 1 heterocycles. The molecule has 122 valence electrons. The van der Waals surface area contributed by atoms with E-state index in [2.05, 4.69) is 4.98 Å². The number of aromatic hydroxyl groups is 1. The van der Waals surface area contributed by atoms with Gasteiger partial charge in [-0.25, -0.2) is 4.39 Å². The van der Waals surface area contributed by atoms with Gasteiger partial charge in [0.25, 0.3) is 5.56 Å². The largest absolute Gasteiger partial charge is 0.499 e. The zero-order chi connectivity index (χ0) is 17.4. The maximum absolute atomic E-state index is 13.0. The molecule has 3 nitrogen and oxygen atoms in total. The summed E-state index contributed by atoms with van der Waals surface area (Å²) >= 11 is 1.01. The van der Waals surface area contributed by atoms with Crippen molar-refractivity contribution in [1.29, 1.82) is 0 Å². The number of nitrogens with zero attached hydrogens (tertiary/aromatic N) is 1. The van der Waals surface area contributed by atoms with Crippen LogP contribution in [0.15, 0.2) is 41.2 Å². The summed E-state index contributed by atoms with van der Waals surface area (Å²) in [6, 6.07) is 9.55. The Labute approximate surface area is 143 Å². The molecular formula is C19H16FNO2S. The second-order valence-electron chi connectivity index (χ2n) is 5.76. The molecule has 0 aliphatic carbocycles. The van der Waals surface area contributed by atoms with Crippen molar-refractivity contribution in [3.05, 3.63) is 69.3 Å². The van der Waals surface area contributed by atoms with E-state index in [9.17, 15) is 14.3 Å². The molecule has 1 aromatic heterocycles. The number of halogens is 1. The highest BCUT2D eigenvalue weighted by molar-refractivity contribution is 7.16. The molecule has 0 bridgehead atoms. The first-order chi connectivity index (χ1) is 11.4. The van der Waals surface area contributed by atoms with Crippen molar-refractivity contribution >= 4 is 11.3 Å². The molecular weight excluding hydrogens is 325 g/mol. The molecule has 3 rings (SSSR count). The molecule has 0 fully saturated rings. The first-order valence-corrected chi connectivity index (χ1v) is 8.26. The van der Waals surface area contributed by atoms with Crippen LogP contribution >= 0.6 is 11.3 Å². The summed E-state index contributed by atoms with van der Waals surface area (Å²) in [7, 11) is 0. The van der Waals surface area contributed by atoms with Crippen molar-refractivity contribution in [3.8, 4) is 26.8 Å². The van der Waals surface area contributed by atoms with Crippen molar-refractivity contribution in [2.75, 3.05) is 0 Å².